The summed E-state index contributed by atoms with van der Waals surface area (Å²) in [5.74, 6) is 1.71. The number of anilines is 1. The predicted molar refractivity (Wildman–Crippen MR) is 84.5 cm³/mol. The van der Waals surface area contributed by atoms with E-state index in [4.69, 9.17) is 9.47 Å². The number of hydrogen-bond acceptors (Lipinski definition) is 6. The third-order valence-electron chi connectivity index (χ3n) is 3.39. The quantitative estimate of drug-likeness (QED) is 0.808. The van der Waals surface area contributed by atoms with E-state index >= 15 is 0 Å². The second kappa shape index (κ2) is 6.95. The molecule has 0 radical (unpaired) electrons. The zero-order valence-electron chi connectivity index (χ0n) is 12.7. The molecule has 23 heavy (non-hydrogen) atoms. The van der Waals surface area contributed by atoms with Gasteiger partial charge < -0.3 is 20.1 Å². The zero-order valence-corrected chi connectivity index (χ0v) is 12.7. The number of rotatable bonds is 5. The largest absolute Gasteiger partial charge is 0.482 e. The van der Waals surface area contributed by atoms with Crippen LogP contribution in [-0.4, -0.2) is 41.2 Å². The van der Waals surface area contributed by atoms with Crippen molar-refractivity contribution in [1.29, 1.82) is 0 Å². The first-order chi connectivity index (χ1) is 11.2. The third-order valence-corrected chi connectivity index (χ3v) is 3.39. The number of nitrogens with zero attached hydrogens (tertiary/aromatic N) is 2. The fourth-order valence-corrected chi connectivity index (χ4v) is 2.27. The Kier molecular flexibility index (Phi) is 4.56. The van der Waals surface area contributed by atoms with Crippen LogP contribution in [0.5, 0.6) is 11.5 Å². The maximum Gasteiger partial charge on any atom is 0.265 e. The third kappa shape index (κ3) is 3.68. The monoisotopic (exact) mass is 314 g/mol. The summed E-state index contributed by atoms with van der Waals surface area (Å²) >= 11 is 0. The van der Waals surface area contributed by atoms with Crippen LogP contribution in [0.15, 0.2) is 42.9 Å². The van der Waals surface area contributed by atoms with Gasteiger partial charge in [-0.1, -0.05) is 12.1 Å². The fourth-order valence-electron chi connectivity index (χ4n) is 2.27. The summed E-state index contributed by atoms with van der Waals surface area (Å²) in [5.41, 5.74) is 0. The summed E-state index contributed by atoms with van der Waals surface area (Å²) in [7, 11) is 0. The molecule has 7 heteroatoms. The van der Waals surface area contributed by atoms with Gasteiger partial charge in [0, 0.05) is 25.5 Å². The van der Waals surface area contributed by atoms with E-state index < -0.39 is 6.10 Å². The molecule has 2 heterocycles. The summed E-state index contributed by atoms with van der Waals surface area (Å²) < 4.78 is 11.5. The van der Waals surface area contributed by atoms with Crippen LogP contribution in [0.25, 0.3) is 0 Å². The van der Waals surface area contributed by atoms with E-state index in [0.29, 0.717) is 30.4 Å². The van der Waals surface area contributed by atoms with Crippen molar-refractivity contribution in [2.75, 3.05) is 18.4 Å². The smallest absolute Gasteiger partial charge is 0.265 e. The van der Waals surface area contributed by atoms with Crippen LogP contribution in [-0.2, 0) is 4.79 Å². The van der Waals surface area contributed by atoms with Gasteiger partial charge in [0.1, 0.15) is 11.9 Å². The predicted octanol–water partition coefficient (Wildman–Crippen LogP) is 1.23. The lowest BCUT2D eigenvalue weighted by molar-refractivity contribution is -0.133. The fraction of sp³-hybridized carbons (Fsp3) is 0.312. The minimum Gasteiger partial charge on any atom is -0.482 e. The molecular formula is C16H18N4O3. The summed E-state index contributed by atoms with van der Waals surface area (Å²) in [6.45, 7) is 2.81. The molecule has 7 nitrogen and oxygen atoms in total. The van der Waals surface area contributed by atoms with Crippen LogP contribution in [0.3, 0.4) is 0 Å². The van der Waals surface area contributed by atoms with Crippen molar-refractivity contribution in [3.63, 3.8) is 0 Å². The first kappa shape index (κ1) is 15.1. The number of fused-ring (bicyclic) bond motifs is 1. The van der Waals surface area contributed by atoms with Crippen molar-refractivity contribution in [3.05, 3.63) is 42.9 Å². The molecular weight excluding hydrogens is 296 g/mol. The van der Waals surface area contributed by atoms with Gasteiger partial charge >= 0.3 is 0 Å². The highest BCUT2D eigenvalue weighted by Gasteiger charge is 2.33. The van der Waals surface area contributed by atoms with Crippen molar-refractivity contribution in [2.24, 2.45) is 0 Å². The Morgan fingerprint density at radius 2 is 1.96 bits per heavy atom. The topological polar surface area (TPSA) is 85.4 Å². The number of ether oxygens (including phenoxy) is 2. The van der Waals surface area contributed by atoms with Gasteiger partial charge in [-0.3, -0.25) is 9.78 Å². The molecule has 0 fully saturated rings. The molecule has 0 unspecified atom stereocenters. The lowest BCUT2D eigenvalue weighted by atomic mass is 10.1. The van der Waals surface area contributed by atoms with E-state index in [9.17, 15) is 4.79 Å². The van der Waals surface area contributed by atoms with E-state index in [-0.39, 0.29) is 12.0 Å². The van der Waals surface area contributed by atoms with Crippen LogP contribution >= 0.6 is 0 Å². The van der Waals surface area contributed by atoms with E-state index in [1.165, 1.54) is 0 Å². The summed E-state index contributed by atoms with van der Waals surface area (Å²) in [6.07, 6.45) is 3.82. The van der Waals surface area contributed by atoms with Gasteiger partial charge in [-0.2, -0.15) is 0 Å². The Balaban J connectivity index is 1.49. The van der Waals surface area contributed by atoms with Crippen LogP contribution in [0.1, 0.15) is 6.92 Å². The first-order valence-electron chi connectivity index (χ1n) is 7.44. The van der Waals surface area contributed by atoms with Gasteiger partial charge in [-0.05, 0) is 19.1 Å². The molecule has 1 aliphatic heterocycles. The molecule has 2 N–H and O–H groups in total. The molecule has 0 saturated heterocycles. The molecule has 1 aromatic carbocycles. The molecule has 1 amide bonds. The van der Waals surface area contributed by atoms with Crippen molar-refractivity contribution < 1.29 is 14.3 Å². The maximum absolute atomic E-state index is 12.3. The van der Waals surface area contributed by atoms with Gasteiger partial charge in [0.25, 0.3) is 5.91 Å². The Bertz CT molecular complexity index is 665. The van der Waals surface area contributed by atoms with E-state index in [0.717, 1.165) is 0 Å². The van der Waals surface area contributed by atoms with Gasteiger partial charge in [-0.25, -0.2) is 4.98 Å². The highest BCUT2D eigenvalue weighted by atomic mass is 16.6. The highest BCUT2D eigenvalue weighted by Crippen LogP contribution is 2.33. The number of nitrogens with one attached hydrogen (secondary N) is 2. The zero-order chi connectivity index (χ0) is 16.1. The van der Waals surface area contributed by atoms with Crippen molar-refractivity contribution in [3.8, 4) is 11.5 Å². The molecule has 2 atom stereocenters. The molecule has 1 aromatic heterocycles. The van der Waals surface area contributed by atoms with Gasteiger partial charge in [0.15, 0.2) is 11.5 Å². The summed E-state index contributed by atoms with van der Waals surface area (Å²) in [5, 5.41) is 5.90. The van der Waals surface area contributed by atoms with E-state index in [1.807, 2.05) is 25.1 Å². The number of benzene rings is 1. The van der Waals surface area contributed by atoms with Crippen LogP contribution < -0.4 is 20.1 Å². The van der Waals surface area contributed by atoms with E-state index in [2.05, 4.69) is 20.6 Å². The Morgan fingerprint density at radius 3 is 2.70 bits per heavy atom. The Morgan fingerprint density at radius 1 is 1.17 bits per heavy atom. The lowest BCUT2D eigenvalue weighted by Crippen LogP contribution is -2.49. The van der Waals surface area contributed by atoms with Crippen molar-refractivity contribution in [1.82, 2.24) is 15.3 Å². The number of hydrogen-bond donors (Lipinski definition) is 2. The van der Waals surface area contributed by atoms with Crippen molar-refractivity contribution >= 4 is 11.7 Å². The number of amides is 1. The number of aromatic nitrogens is 2. The minimum absolute atomic E-state index is 0.201. The van der Waals surface area contributed by atoms with E-state index in [1.54, 1.807) is 24.7 Å². The second-order valence-corrected chi connectivity index (χ2v) is 5.12. The molecule has 0 spiro atoms. The molecule has 3 rings (SSSR count). The van der Waals surface area contributed by atoms with Crippen LogP contribution in [0.4, 0.5) is 5.82 Å². The van der Waals surface area contributed by atoms with Gasteiger partial charge in [-0.15, -0.1) is 0 Å². The second-order valence-electron chi connectivity index (χ2n) is 5.12. The number of para-hydroxylation sites is 2. The lowest BCUT2D eigenvalue weighted by Gasteiger charge is -2.31. The molecule has 2 aromatic rings. The normalized spacial score (nSPS) is 19.0. The molecule has 0 aliphatic carbocycles. The summed E-state index contributed by atoms with van der Waals surface area (Å²) in [6, 6.07) is 7.33. The van der Waals surface area contributed by atoms with Gasteiger partial charge in [0.05, 0.1) is 6.20 Å². The molecule has 1 aliphatic rings. The standard InChI is InChI=1S/C16H18N4O3/c1-11-15(23-13-5-3-2-4-12(13)22-11)16(21)20-9-8-19-14-10-17-6-7-18-14/h2-7,10-11,15H,8-9H2,1H3,(H,18,19)(H,20,21)/t11-,15+/m1/s1. The average Bonchev–Trinajstić information content (AvgIpc) is 2.59. The number of carbonyl (C=O) groups is 1. The van der Waals surface area contributed by atoms with Crippen LogP contribution in [0, 0.1) is 0 Å². The Hall–Kier alpha value is -2.83. The first-order valence-corrected chi connectivity index (χ1v) is 7.44. The summed E-state index contributed by atoms with van der Waals surface area (Å²) in [4.78, 5) is 20.3. The molecule has 0 saturated carbocycles. The molecule has 120 valence electrons. The minimum atomic E-state index is -0.665. The average molecular weight is 314 g/mol. The maximum atomic E-state index is 12.3. The molecule has 0 bridgehead atoms. The number of carbonyl (C=O) groups excluding carboxylic acids is 1. The van der Waals surface area contributed by atoms with Gasteiger partial charge in [0.2, 0.25) is 6.10 Å². The van der Waals surface area contributed by atoms with Crippen LogP contribution in [0.2, 0.25) is 0 Å². The SMILES string of the molecule is C[C@H]1Oc2ccccc2O[C@@H]1C(=O)NCCNc1cnccn1. The highest BCUT2D eigenvalue weighted by molar-refractivity contribution is 5.82. The Labute approximate surface area is 134 Å². The van der Waals surface area contributed by atoms with Crippen molar-refractivity contribution in [2.45, 2.75) is 19.1 Å².